The van der Waals surface area contributed by atoms with Crippen molar-refractivity contribution in [3.63, 3.8) is 0 Å². The number of sulfonamides is 2. The molecule has 0 bridgehead atoms. The number of amides is 1. The molecular weight excluding hydrogens is 921 g/mol. The van der Waals surface area contributed by atoms with Gasteiger partial charge in [0.1, 0.15) is 15.7 Å². The van der Waals surface area contributed by atoms with E-state index < -0.39 is 41.6 Å². The zero-order chi connectivity index (χ0) is 41.8. The van der Waals surface area contributed by atoms with Crippen LogP contribution in [0.15, 0.2) is 103 Å². The number of anilines is 3. The van der Waals surface area contributed by atoms with E-state index in [9.17, 15) is 26.4 Å². The molecule has 1 amide bonds. The van der Waals surface area contributed by atoms with Gasteiger partial charge in [-0.25, -0.2) is 21.6 Å². The standard InChI is InChI=1S/C32H23Cl4N11O7S4/c1-15-38-44-31(55-15)46-57(50,51)19-10-6-17(7-11-19)40-42-23-14-24(43-41-18-8-12-20(13-9-18)58(52,53)47-32-45-39-16(2)56-32)26(54-30(49)28(35)36)21-4-3-5-22(25(21)23)37-29(48)27(33)34/h3-14,27-28H,1-2H3,(H,37,48)(H,44,46)(H,45,47). The highest BCUT2D eigenvalue weighted by atomic mass is 35.5. The number of hydrogen-bond acceptors (Lipinski definition) is 17. The van der Waals surface area contributed by atoms with Gasteiger partial charge in [-0.05, 0) is 74.5 Å². The molecule has 58 heavy (non-hydrogen) atoms. The van der Waals surface area contributed by atoms with Crippen molar-refractivity contribution in [1.29, 1.82) is 0 Å². The van der Waals surface area contributed by atoms with Crippen LogP contribution in [0.1, 0.15) is 10.0 Å². The predicted molar refractivity (Wildman–Crippen MR) is 221 cm³/mol. The number of esters is 1. The molecule has 4 aromatic carbocycles. The van der Waals surface area contributed by atoms with Gasteiger partial charge in [0.25, 0.3) is 26.0 Å². The first-order valence-electron chi connectivity index (χ1n) is 15.9. The molecule has 3 N–H and O–H groups in total. The molecule has 18 nitrogen and oxygen atoms in total. The summed E-state index contributed by atoms with van der Waals surface area (Å²) in [6.45, 7) is 3.36. The largest absolute Gasteiger partial charge is 0.421 e. The summed E-state index contributed by atoms with van der Waals surface area (Å²) in [5.41, 5.74) is 0.437. The molecule has 26 heteroatoms. The lowest BCUT2D eigenvalue weighted by atomic mass is 10.0. The number of azo groups is 2. The fourth-order valence-corrected chi connectivity index (χ4v) is 8.59. The average molecular weight is 944 g/mol. The van der Waals surface area contributed by atoms with Gasteiger partial charge in [0.15, 0.2) is 10.6 Å². The van der Waals surface area contributed by atoms with Crippen molar-refractivity contribution in [2.45, 2.75) is 33.3 Å². The molecule has 0 radical (unpaired) electrons. The average Bonchev–Trinajstić information content (AvgIpc) is 3.79. The van der Waals surface area contributed by atoms with Crippen molar-refractivity contribution < 1.29 is 31.2 Å². The highest BCUT2D eigenvalue weighted by Crippen LogP contribution is 2.46. The molecule has 0 aliphatic rings. The van der Waals surface area contributed by atoms with E-state index in [0.717, 1.165) is 22.7 Å². The molecule has 6 aromatic rings. The summed E-state index contributed by atoms with van der Waals surface area (Å²) in [7, 11) is -8.03. The van der Waals surface area contributed by atoms with Gasteiger partial charge in [-0.1, -0.05) is 81.2 Å². The minimum Gasteiger partial charge on any atom is -0.421 e. The molecule has 0 saturated carbocycles. The Bertz CT molecular complexity index is 2800. The van der Waals surface area contributed by atoms with Gasteiger partial charge < -0.3 is 10.1 Å². The Morgan fingerprint density at radius 2 is 1.17 bits per heavy atom. The first-order chi connectivity index (χ1) is 27.5. The quantitative estimate of drug-likeness (QED) is 0.0402. The maximum Gasteiger partial charge on any atom is 0.344 e. The number of fused-ring (bicyclic) bond motifs is 1. The molecule has 2 aromatic heterocycles. The summed E-state index contributed by atoms with van der Waals surface area (Å²) in [5, 5.41) is 36.5. The lowest BCUT2D eigenvalue weighted by molar-refractivity contribution is -0.132. The van der Waals surface area contributed by atoms with Crippen molar-refractivity contribution in [2.75, 3.05) is 14.8 Å². The van der Waals surface area contributed by atoms with Gasteiger partial charge in [-0.2, -0.15) is 10.2 Å². The number of nitrogens with zero attached hydrogens (tertiary/aromatic N) is 8. The van der Waals surface area contributed by atoms with E-state index in [4.69, 9.17) is 51.1 Å². The fourth-order valence-electron chi connectivity index (χ4n) is 4.75. The maximum atomic E-state index is 12.9. The molecule has 300 valence electrons. The van der Waals surface area contributed by atoms with Crippen molar-refractivity contribution in [1.82, 2.24) is 20.4 Å². The van der Waals surface area contributed by atoms with Crippen LogP contribution in [0.4, 0.5) is 38.7 Å². The predicted octanol–water partition coefficient (Wildman–Crippen LogP) is 9.04. The lowest BCUT2D eigenvalue weighted by Crippen LogP contribution is -2.19. The monoisotopic (exact) mass is 941 g/mol. The molecule has 0 fully saturated rings. The van der Waals surface area contributed by atoms with Crippen LogP contribution in [0.3, 0.4) is 0 Å². The first-order valence-corrected chi connectivity index (χ1v) is 22.2. The van der Waals surface area contributed by atoms with E-state index in [2.05, 4.69) is 55.6 Å². The topological polar surface area (TPSA) is 249 Å². The van der Waals surface area contributed by atoms with Gasteiger partial charge in [0.2, 0.25) is 15.1 Å². The molecule has 0 spiro atoms. The zero-order valence-electron chi connectivity index (χ0n) is 29.2. The smallest absolute Gasteiger partial charge is 0.344 e. The van der Waals surface area contributed by atoms with E-state index in [-0.39, 0.29) is 65.0 Å². The van der Waals surface area contributed by atoms with Crippen molar-refractivity contribution in [2.24, 2.45) is 20.5 Å². The third-order valence-electron chi connectivity index (χ3n) is 7.24. The second-order valence-corrected chi connectivity index (χ2v) is 19.3. The van der Waals surface area contributed by atoms with E-state index in [1.807, 2.05) is 0 Å². The minimum absolute atomic E-state index is 0.0399. The Hall–Kier alpha value is -4.94. The van der Waals surface area contributed by atoms with E-state index in [1.165, 1.54) is 72.8 Å². The number of aromatic nitrogens is 4. The normalized spacial score (nSPS) is 12.2. The summed E-state index contributed by atoms with van der Waals surface area (Å²) in [4.78, 5) is 22.1. The Balaban J connectivity index is 1.40. The van der Waals surface area contributed by atoms with Crippen molar-refractivity contribution >= 4 is 150 Å². The van der Waals surface area contributed by atoms with Crippen LogP contribution in [0.25, 0.3) is 10.8 Å². The summed E-state index contributed by atoms with van der Waals surface area (Å²) in [5.74, 6) is -2.08. The van der Waals surface area contributed by atoms with Gasteiger partial charge in [0, 0.05) is 10.8 Å². The molecule has 0 unspecified atom stereocenters. The first kappa shape index (κ1) is 42.7. The molecule has 0 saturated heterocycles. The third kappa shape index (κ3) is 10.4. The number of alkyl halides is 4. The number of nitrogens with one attached hydrogen (secondary N) is 3. The number of benzene rings is 4. The van der Waals surface area contributed by atoms with Crippen LogP contribution in [0, 0.1) is 13.8 Å². The van der Waals surface area contributed by atoms with Crippen LogP contribution in [-0.2, 0) is 29.6 Å². The minimum atomic E-state index is -4.02. The molecule has 6 rings (SSSR count). The maximum absolute atomic E-state index is 12.9. The van der Waals surface area contributed by atoms with Crippen LogP contribution >= 0.6 is 69.1 Å². The Labute approximate surface area is 356 Å². The summed E-state index contributed by atoms with van der Waals surface area (Å²) >= 11 is 25.4. The highest BCUT2D eigenvalue weighted by molar-refractivity contribution is 7.93. The summed E-state index contributed by atoms with van der Waals surface area (Å²) in [6, 6.07) is 16.6. The molecule has 0 aliphatic heterocycles. The van der Waals surface area contributed by atoms with Crippen molar-refractivity contribution in [3.05, 3.63) is 82.8 Å². The molecular formula is C32H23Cl4N11O7S4. The SMILES string of the molecule is Cc1nnc(NS(=O)(=O)c2ccc(N=Nc3cc(N=Nc4ccc(S(=O)(=O)Nc5nnc(C)s5)cc4)c4c(NC(=O)C(Cl)Cl)cccc4c3OC(=O)C(Cl)Cl)cc2)s1. The Kier molecular flexibility index (Phi) is 13.2. The van der Waals surface area contributed by atoms with Crippen LogP contribution in [0.5, 0.6) is 5.75 Å². The third-order valence-corrected chi connectivity index (χ3v) is 12.5. The second kappa shape index (κ2) is 17.9. The molecule has 0 atom stereocenters. The van der Waals surface area contributed by atoms with Crippen molar-refractivity contribution in [3.8, 4) is 5.75 Å². The van der Waals surface area contributed by atoms with Crippen LogP contribution < -0.4 is 19.5 Å². The Morgan fingerprint density at radius 3 is 1.62 bits per heavy atom. The highest BCUT2D eigenvalue weighted by Gasteiger charge is 2.24. The number of rotatable bonds is 14. The van der Waals surface area contributed by atoms with Crippen LogP contribution in [0.2, 0.25) is 0 Å². The van der Waals surface area contributed by atoms with Gasteiger partial charge in [0.05, 0.1) is 32.5 Å². The van der Waals surface area contributed by atoms with Gasteiger partial charge in [-0.3, -0.25) is 14.2 Å². The number of halogens is 4. The van der Waals surface area contributed by atoms with E-state index >= 15 is 0 Å². The lowest BCUT2D eigenvalue weighted by Gasteiger charge is -2.16. The molecule has 2 heterocycles. The number of aryl methyl sites for hydroxylation is 2. The van der Waals surface area contributed by atoms with E-state index in [0.29, 0.717) is 10.0 Å². The second-order valence-electron chi connectivity index (χ2n) is 11.3. The Morgan fingerprint density at radius 1 is 0.672 bits per heavy atom. The molecule has 0 aliphatic carbocycles. The van der Waals surface area contributed by atoms with Crippen LogP contribution in [-0.4, -0.2) is 58.8 Å². The fraction of sp³-hybridized carbons (Fsp3) is 0.125. The zero-order valence-corrected chi connectivity index (χ0v) is 35.5. The van der Waals surface area contributed by atoms with E-state index in [1.54, 1.807) is 13.8 Å². The number of ether oxygens (including phenoxy) is 1. The number of carbonyl (C=O) groups excluding carboxylic acids is 2. The number of hydrogen-bond donors (Lipinski definition) is 3. The summed E-state index contributed by atoms with van der Waals surface area (Å²) < 4.78 is 61.9. The summed E-state index contributed by atoms with van der Waals surface area (Å²) in [6.07, 6.45) is 0. The number of carbonyl (C=O) groups is 2. The van der Waals surface area contributed by atoms with Gasteiger partial charge >= 0.3 is 5.97 Å². The van der Waals surface area contributed by atoms with Gasteiger partial charge in [-0.15, -0.1) is 30.6 Å².